The van der Waals surface area contributed by atoms with Crippen LogP contribution in [0.25, 0.3) is 10.9 Å². The molecule has 0 radical (unpaired) electrons. The van der Waals surface area contributed by atoms with Crippen molar-refractivity contribution in [2.45, 2.75) is 75.6 Å². The van der Waals surface area contributed by atoms with Crippen LogP contribution in [-0.2, 0) is 38.6 Å². The summed E-state index contributed by atoms with van der Waals surface area (Å²) in [6.45, 7) is 3.77. The molecule has 0 aliphatic carbocycles. The van der Waals surface area contributed by atoms with Gasteiger partial charge in [-0.3, -0.25) is 14.4 Å². The van der Waals surface area contributed by atoms with E-state index in [2.05, 4.69) is 4.98 Å². The van der Waals surface area contributed by atoms with E-state index >= 15 is 4.39 Å². The number of halogens is 2. The number of carbonyl (C=O) groups excluding carboxylic acids is 2. The van der Waals surface area contributed by atoms with Crippen molar-refractivity contribution in [2.75, 3.05) is 23.9 Å². The number of carboxylic acids is 1. The van der Waals surface area contributed by atoms with Crippen LogP contribution in [0.3, 0.4) is 0 Å². The number of aromatic carboxylic acids is 1. The third-order valence-electron chi connectivity index (χ3n) is 9.22. The maximum atomic E-state index is 15.4. The first-order valence-corrected chi connectivity index (χ1v) is 17.9. The summed E-state index contributed by atoms with van der Waals surface area (Å²) in [5, 5.41) is 21.0. The average molecular weight is 778 g/mol. The number of aromatic nitrogens is 3. The van der Waals surface area contributed by atoms with E-state index in [4.69, 9.17) is 29.9 Å². The van der Waals surface area contributed by atoms with Gasteiger partial charge in [-0.2, -0.15) is 0 Å². The largest absolute Gasteiger partial charge is 0.519 e. The van der Waals surface area contributed by atoms with Crippen molar-refractivity contribution >= 4 is 63.7 Å². The third-order valence-corrected chi connectivity index (χ3v) is 10.7. The molecule has 1 saturated heterocycles. The van der Waals surface area contributed by atoms with Gasteiger partial charge in [0.05, 0.1) is 40.3 Å². The summed E-state index contributed by atoms with van der Waals surface area (Å²) < 4.78 is 39.3. The van der Waals surface area contributed by atoms with Gasteiger partial charge in [0.15, 0.2) is 30.1 Å². The number of nitrogens with zero attached hydrogens (tertiary/aromatic N) is 5. The first-order chi connectivity index (χ1) is 25.2. The smallest absolute Gasteiger partial charge is 0.477 e. The number of thioether (sulfide) groups is 1. The highest BCUT2D eigenvalue weighted by molar-refractivity contribution is 8.00. The quantitative estimate of drug-likeness (QED) is 0.0803. The second-order valence-electron chi connectivity index (χ2n) is 12.6. The minimum Gasteiger partial charge on any atom is -0.477 e. The lowest BCUT2D eigenvalue weighted by Gasteiger charge is -2.35. The number of carboxylic acid groups (broad SMARTS) is 1. The van der Waals surface area contributed by atoms with Gasteiger partial charge >= 0.3 is 29.5 Å². The molecular weight excluding hydrogens is 745 g/mol. The van der Waals surface area contributed by atoms with Crippen molar-refractivity contribution in [2.24, 2.45) is 5.92 Å². The van der Waals surface area contributed by atoms with Crippen molar-refractivity contribution in [3.63, 3.8) is 0 Å². The summed E-state index contributed by atoms with van der Waals surface area (Å²) in [6.07, 6.45) is 0.864. The van der Waals surface area contributed by atoms with Crippen molar-refractivity contribution in [3.05, 3.63) is 78.0 Å². The van der Waals surface area contributed by atoms with E-state index < -0.39 is 52.6 Å². The Morgan fingerprint density at radius 1 is 1.17 bits per heavy atom. The minimum atomic E-state index is -1.35. The van der Waals surface area contributed by atoms with Gasteiger partial charge in [0.1, 0.15) is 24.1 Å². The number of nitro groups is 1. The third kappa shape index (κ3) is 7.80. The van der Waals surface area contributed by atoms with Crippen molar-refractivity contribution in [1.82, 2.24) is 14.1 Å². The van der Waals surface area contributed by atoms with Crippen LogP contribution in [0.4, 0.5) is 15.9 Å². The lowest BCUT2D eigenvalue weighted by atomic mass is 9.91. The van der Waals surface area contributed by atoms with Gasteiger partial charge in [0.25, 0.3) is 0 Å². The van der Waals surface area contributed by atoms with Crippen molar-refractivity contribution < 1.29 is 47.1 Å². The van der Waals surface area contributed by atoms with E-state index in [9.17, 15) is 39.2 Å². The molecule has 0 amide bonds. The topological polar surface area (TPSA) is 219 Å². The molecule has 4 aromatic rings. The lowest BCUT2D eigenvalue weighted by Crippen LogP contribution is -2.35. The number of imidazole rings is 1. The molecule has 1 fully saturated rings. The molecule has 0 saturated carbocycles. The van der Waals surface area contributed by atoms with Gasteiger partial charge in [0.2, 0.25) is 5.43 Å². The SMILES string of the molecule is Cc1ncc([N+](=O)[O-])n1CC(CCl)OC(=O)CCC(=O)OCc1oc(=O)oc1CC1CCN(c2cc3c(cc2F)c(=O)c(C(=O)O)c2n3C(C)S2)CC1. The van der Waals surface area contributed by atoms with Crippen LogP contribution < -0.4 is 16.2 Å². The Morgan fingerprint density at radius 2 is 1.87 bits per heavy atom. The summed E-state index contributed by atoms with van der Waals surface area (Å²) in [7, 11) is 0. The number of carbonyl (C=O) groups is 3. The number of aryl methyl sites for hydroxylation is 1. The Balaban J connectivity index is 1.01. The lowest BCUT2D eigenvalue weighted by molar-refractivity contribution is -0.392. The molecule has 0 bridgehead atoms. The van der Waals surface area contributed by atoms with Crippen LogP contribution in [0.2, 0.25) is 0 Å². The van der Waals surface area contributed by atoms with E-state index in [0.29, 0.717) is 48.0 Å². The molecule has 2 aliphatic rings. The number of anilines is 1. The van der Waals surface area contributed by atoms with Gasteiger partial charge in [-0.15, -0.1) is 11.6 Å². The van der Waals surface area contributed by atoms with E-state index in [0.717, 1.165) is 12.3 Å². The zero-order valence-corrected chi connectivity index (χ0v) is 29.9. The van der Waals surface area contributed by atoms with Gasteiger partial charge in [-0.05, 0) is 42.7 Å². The van der Waals surface area contributed by atoms with Crippen LogP contribution >= 0.6 is 23.4 Å². The number of fused-ring (bicyclic) bond motifs is 3. The fourth-order valence-corrected chi connectivity index (χ4v) is 7.84. The molecule has 2 atom stereocenters. The molecule has 1 N–H and O–H groups in total. The number of rotatable bonds is 14. The molecule has 1 aromatic carbocycles. The Labute approximate surface area is 307 Å². The van der Waals surface area contributed by atoms with Gasteiger partial charge < -0.3 is 43.0 Å². The van der Waals surface area contributed by atoms with E-state index in [1.807, 2.05) is 11.8 Å². The van der Waals surface area contributed by atoms with Crippen LogP contribution in [0.1, 0.15) is 65.7 Å². The van der Waals surface area contributed by atoms with Crippen molar-refractivity contribution in [3.8, 4) is 0 Å². The minimum absolute atomic E-state index is 0.000348. The molecule has 3 aromatic heterocycles. The molecule has 20 heteroatoms. The van der Waals surface area contributed by atoms with Crippen molar-refractivity contribution in [1.29, 1.82) is 0 Å². The zero-order valence-electron chi connectivity index (χ0n) is 28.4. The predicted molar refractivity (Wildman–Crippen MR) is 185 cm³/mol. The summed E-state index contributed by atoms with van der Waals surface area (Å²) in [4.78, 5) is 77.9. The Hall–Kier alpha value is -5.17. The van der Waals surface area contributed by atoms with E-state index in [1.165, 1.54) is 16.3 Å². The van der Waals surface area contributed by atoms with E-state index in [-0.39, 0.29) is 71.3 Å². The fraction of sp³-hybridized carbons (Fsp3) is 0.455. The molecule has 6 rings (SSSR count). The number of piperidine rings is 1. The van der Waals surface area contributed by atoms with Crippen LogP contribution in [-0.4, -0.2) is 67.1 Å². The maximum absolute atomic E-state index is 15.4. The summed E-state index contributed by atoms with van der Waals surface area (Å²) >= 11 is 7.18. The Kier molecular flexibility index (Phi) is 10.9. The normalized spacial score (nSPS) is 16.2. The molecule has 5 heterocycles. The summed E-state index contributed by atoms with van der Waals surface area (Å²) in [6, 6.07) is 2.69. The molecule has 0 spiro atoms. The second kappa shape index (κ2) is 15.4. The standard InChI is InChI=1S/C33H33ClFN5O12S/c1-16-36-13-26(40(47)48)38(16)14-19(12-34)50-28(42)4-3-27(41)49-15-25-24(51-33(46)52-25)9-18-5-7-37(8-6-18)23-11-22-20(10-21(23)35)30(43)29(32(44)45)31-39(22)17(2)53-31/h10-11,13,17-19H,3-9,12,14-15H2,1-2H3,(H,44,45). The second-order valence-corrected chi connectivity index (χ2v) is 14.2. The predicted octanol–water partition coefficient (Wildman–Crippen LogP) is 4.56. The highest BCUT2D eigenvalue weighted by Crippen LogP contribution is 2.47. The Morgan fingerprint density at radius 3 is 2.53 bits per heavy atom. The number of esters is 2. The number of hydrogen-bond acceptors (Lipinski definition) is 14. The molecule has 2 unspecified atom stereocenters. The number of alkyl halides is 1. The average Bonchev–Trinajstić information content (AvgIpc) is 3.66. The monoisotopic (exact) mass is 777 g/mol. The van der Waals surface area contributed by atoms with Crippen LogP contribution in [0, 0.1) is 28.8 Å². The first kappa shape index (κ1) is 37.6. The van der Waals surface area contributed by atoms with Gasteiger partial charge in [0, 0.05) is 31.8 Å². The maximum Gasteiger partial charge on any atom is 0.519 e. The molecule has 53 heavy (non-hydrogen) atoms. The molecule has 282 valence electrons. The van der Waals surface area contributed by atoms with E-state index in [1.54, 1.807) is 17.6 Å². The highest BCUT2D eigenvalue weighted by atomic mass is 35.5. The number of ether oxygens (including phenoxy) is 2. The zero-order chi connectivity index (χ0) is 38.1. The van der Waals surface area contributed by atoms with Crippen LogP contribution in [0.5, 0.6) is 0 Å². The summed E-state index contributed by atoms with van der Waals surface area (Å²) in [5.74, 6) is -4.43. The Bertz CT molecular complexity index is 2220. The number of hydrogen-bond donors (Lipinski definition) is 1. The highest BCUT2D eigenvalue weighted by Gasteiger charge is 2.34. The number of benzene rings is 1. The van der Waals surface area contributed by atoms with Gasteiger partial charge in [-0.25, -0.2) is 23.5 Å². The summed E-state index contributed by atoms with van der Waals surface area (Å²) in [5.41, 5.74) is -0.332. The van der Waals surface area contributed by atoms with Gasteiger partial charge in [-0.1, -0.05) is 11.8 Å². The van der Waals surface area contributed by atoms with Crippen LogP contribution in [0.15, 0.2) is 41.8 Å². The molecular formula is C33H33ClFN5O12S. The molecule has 17 nitrogen and oxygen atoms in total. The fourth-order valence-electron chi connectivity index (χ4n) is 6.52. The first-order valence-electron chi connectivity index (χ1n) is 16.5. The number of pyridine rings is 1. The molecule has 2 aliphatic heterocycles.